The van der Waals surface area contributed by atoms with Crippen molar-refractivity contribution >= 4 is 0 Å². The van der Waals surface area contributed by atoms with Crippen molar-refractivity contribution < 1.29 is 18.3 Å². The number of hydrogen-bond acceptors (Lipinski definition) is 5. The van der Waals surface area contributed by atoms with E-state index in [1.807, 2.05) is 6.07 Å². The second kappa shape index (κ2) is 6.29. The zero-order valence-corrected chi connectivity index (χ0v) is 12.7. The largest absolute Gasteiger partial charge is 0.472 e. The van der Waals surface area contributed by atoms with Gasteiger partial charge < -0.3 is 13.9 Å². The van der Waals surface area contributed by atoms with Crippen LogP contribution < -0.4 is 4.74 Å². The van der Waals surface area contributed by atoms with Gasteiger partial charge in [-0.05, 0) is 31.0 Å². The van der Waals surface area contributed by atoms with Gasteiger partial charge in [0.05, 0.1) is 25.2 Å². The zero-order valence-electron chi connectivity index (χ0n) is 12.7. The normalized spacial score (nSPS) is 27.8. The molecule has 0 spiro atoms. The maximum atomic E-state index is 13.9. The van der Waals surface area contributed by atoms with E-state index in [0.717, 1.165) is 31.5 Å². The van der Waals surface area contributed by atoms with Crippen LogP contribution in [0.1, 0.15) is 18.4 Å². The third-order valence-electron chi connectivity index (χ3n) is 4.61. The number of aromatic nitrogens is 1. The molecule has 0 unspecified atom stereocenters. The van der Waals surface area contributed by atoms with E-state index < -0.39 is 5.82 Å². The maximum absolute atomic E-state index is 13.9. The number of halogens is 1. The molecule has 23 heavy (non-hydrogen) atoms. The van der Waals surface area contributed by atoms with Crippen molar-refractivity contribution in [3.8, 4) is 5.88 Å². The summed E-state index contributed by atoms with van der Waals surface area (Å²) >= 11 is 0. The molecule has 2 aliphatic rings. The predicted molar refractivity (Wildman–Crippen MR) is 80.5 cm³/mol. The SMILES string of the molecule is Fc1cccnc1O[C@@H]1[C@H]2CC[C@H]1OCCN2Cc1ccoc1. The molecule has 2 fully saturated rings. The third kappa shape index (κ3) is 2.96. The molecule has 0 aromatic carbocycles. The first-order valence-electron chi connectivity index (χ1n) is 7.95. The van der Waals surface area contributed by atoms with Gasteiger partial charge in [0.15, 0.2) is 5.82 Å². The van der Waals surface area contributed by atoms with Crippen LogP contribution in [0, 0.1) is 5.82 Å². The van der Waals surface area contributed by atoms with Gasteiger partial charge in [-0.1, -0.05) is 0 Å². The summed E-state index contributed by atoms with van der Waals surface area (Å²) in [6.45, 7) is 2.27. The Morgan fingerprint density at radius 2 is 2.30 bits per heavy atom. The van der Waals surface area contributed by atoms with Crippen molar-refractivity contribution in [3.63, 3.8) is 0 Å². The molecular formula is C17H19FN2O3. The molecule has 1 aliphatic heterocycles. The summed E-state index contributed by atoms with van der Waals surface area (Å²) < 4.78 is 30.9. The lowest BCUT2D eigenvalue weighted by Gasteiger charge is -2.30. The molecule has 2 aromatic heterocycles. The fourth-order valence-corrected chi connectivity index (χ4v) is 3.52. The first-order chi connectivity index (χ1) is 11.3. The molecule has 2 aromatic rings. The molecule has 2 bridgehead atoms. The van der Waals surface area contributed by atoms with Crippen molar-refractivity contribution in [2.24, 2.45) is 0 Å². The fourth-order valence-electron chi connectivity index (χ4n) is 3.52. The van der Waals surface area contributed by atoms with Gasteiger partial charge in [-0.25, -0.2) is 9.37 Å². The Morgan fingerprint density at radius 1 is 1.35 bits per heavy atom. The second-order valence-corrected chi connectivity index (χ2v) is 6.03. The highest BCUT2D eigenvalue weighted by atomic mass is 19.1. The summed E-state index contributed by atoms with van der Waals surface area (Å²) in [5.74, 6) is -0.374. The monoisotopic (exact) mass is 318 g/mol. The van der Waals surface area contributed by atoms with Gasteiger partial charge in [0.2, 0.25) is 0 Å². The van der Waals surface area contributed by atoms with Crippen LogP contribution in [0.25, 0.3) is 0 Å². The lowest BCUT2D eigenvalue weighted by Crippen LogP contribution is -2.44. The van der Waals surface area contributed by atoms with E-state index in [1.54, 1.807) is 24.8 Å². The Balaban J connectivity index is 1.55. The topological polar surface area (TPSA) is 47.7 Å². The van der Waals surface area contributed by atoms with Gasteiger partial charge in [0.25, 0.3) is 5.88 Å². The summed E-state index contributed by atoms with van der Waals surface area (Å²) in [6.07, 6.45) is 6.67. The van der Waals surface area contributed by atoms with E-state index in [2.05, 4.69) is 9.88 Å². The second-order valence-electron chi connectivity index (χ2n) is 6.03. The molecule has 4 rings (SSSR count). The molecule has 6 heteroatoms. The Morgan fingerprint density at radius 3 is 3.13 bits per heavy atom. The van der Waals surface area contributed by atoms with Gasteiger partial charge in [-0.2, -0.15) is 0 Å². The Kier molecular flexibility index (Phi) is 4.01. The van der Waals surface area contributed by atoms with Crippen LogP contribution in [-0.4, -0.2) is 41.3 Å². The summed E-state index contributed by atoms with van der Waals surface area (Å²) in [7, 11) is 0. The molecule has 3 heterocycles. The minimum Gasteiger partial charge on any atom is -0.472 e. The number of hydrogen-bond donors (Lipinski definition) is 0. The minimum atomic E-state index is -0.433. The molecule has 1 aliphatic carbocycles. The molecule has 0 N–H and O–H groups in total. The number of fused-ring (bicyclic) bond motifs is 2. The van der Waals surface area contributed by atoms with Crippen molar-refractivity contribution in [1.82, 2.24) is 9.88 Å². The molecule has 0 amide bonds. The van der Waals surface area contributed by atoms with Crippen LogP contribution in [-0.2, 0) is 11.3 Å². The molecule has 0 radical (unpaired) electrons. The van der Waals surface area contributed by atoms with Crippen LogP contribution in [0.3, 0.4) is 0 Å². The quantitative estimate of drug-likeness (QED) is 0.867. The van der Waals surface area contributed by atoms with E-state index in [9.17, 15) is 4.39 Å². The Labute approximate surface area is 134 Å². The lowest BCUT2D eigenvalue weighted by atomic mass is 10.1. The number of pyridine rings is 1. The summed E-state index contributed by atoms with van der Waals surface area (Å²) in [5.41, 5.74) is 1.12. The van der Waals surface area contributed by atoms with Crippen molar-refractivity contribution in [1.29, 1.82) is 0 Å². The van der Waals surface area contributed by atoms with Crippen LogP contribution in [0.5, 0.6) is 5.88 Å². The molecular weight excluding hydrogens is 299 g/mol. The first kappa shape index (κ1) is 14.7. The standard InChI is InChI=1S/C17H19FN2O3/c18-13-2-1-6-19-17(13)23-16-14-3-4-15(16)22-9-7-20(14)10-12-5-8-21-11-12/h1-2,5-6,8,11,14-16H,3-4,7,9-10H2/t14-,15-,16-/m1/s1. The first-order valence-corrected chi connectivity index (χ1v) is 7.95. The van der Waals surface area contributed by atoms with Gasteiger partial charge in [-0.3, -0.25) is 4.90 Å². The molecule has 1 saturated heterocycles. The van der Waals surface area contributed by atoms with E-state index in [4.69, 9.17) is 13.9 Å². The van der Waals surface area contributed by atoms with Gasteiger partial charge in [-0.15, -0.1) is 0 Å². The highest BCUT2D eigenvalue weighted by Gasteiger charge is 2.44. The average molecular weight is 318 g/mol. The van der Waals surface area contributed by atoms with E-state index in [1.165, 1.54) is 6.07 Å². The molecule has 122 valence electrons. The van der Waals surface area contributed by atoms with E-state index in [0.29, 0.717) is 6.61 Å². The van der Waals surface area contributed by atoms with Gasteiger partial charge >= 0.3 is 0 Å². The van der Waals surface area contributed by atoms with Crippen LogP contribution in [0.2, 0.25) is 0 Å². The highest BCUT2D eigenvalue weighted by Crippen LogP contribution is 2.33. The Hall–Kier alpha value is -1.92. The number of ether oxygens (including phenoxy) is 2. The van der Waals surface area contributed by atoms with Crippen molar-refractivity contribution in [2.75, 3.05) is 13.2 Å². The van der Waals surface area contributed by atoms with E-state index in [-0.39, 0.29) is 24.1 Å². The van der Waals surface area contributed by atoms with Crippen LogP contribution in [0.15, 0.2) is 41.3 Å². The van der Waals surface area contributed by atoms with Crippen molar-refractivity contribution in [3.05, 3.63) is 48.3 Å². The highest BCUT2D eigenvalue weighted by molar-refractivity contribution is 5.15. The zero-order chi connectivity index (χ0) is 15.6. The smallest absolute Gasteiger partial charge is 0.250 e. The number of rotatable bonds is 4. The summed E-state index contributed by atoms with van der Waals surface area (Å²) in [4.78, 5) is 6.35. The minimum absolute atomic E-state index is 0.00393. The Bertz CT molecular complexity index is 649. The van der Waals surface area contributed by atoms with Gasteiger partial charge in [0, 0.05) is 30.9 Å². The van der Waals surface area contributed by atoms with Gasteiger partial charge in [0.1, 0.15) is 6.10 Å². The molecule has 5 nitrogen and oxygen atoms in total. The number of nitrogens with zero attached hydrogens (tertiary/aromatic N) is 2. The fraction of sp³-hybridized carbons (Fsp3) is 0.471. The maximum Gasteiger partial charge on any atom is 0.250 e. The summed E-state index contributed by atoms with van der Waals surface area (Å²) in [5, 5.41) is 0. The average Bonchev–Trinajstić information content (AvgIpc) is 3.14. The van der Waals surface area contributed by atoms with Crippen molar-refractivity contribution in [2.45, 2.75) is 37.6 Å². The third-order valence-corrected chi connectivity index (χ3v) is 4.61. The molecule has 3 atom stereocenters. The lowest BCUT2D eigenvalue weighted by molar-refractivity contribution is 0.000137. The predicted octanol–water partition coefficient (Wildman–Crippen LogP) is 2.62. The number of furan rings is 1. The van der Waals surface area contributed by atoms with Crippen LogP contribution >= 0.6 is 0 Å². The van der Waals surface area contributed by atoms with Crippen LogP contribution in [0.4, 0.5) is 4.39 Å². The molecule has 1 saturated carbocycles. The summed E-state index contributed by atoms with van der Waals surface area (Å²) in [6, 6.07) is 5.09. The van der Waals surface area contributed by atoms with E-state index >= 15 is 0 Å².